The topological polar surface area (TPSA) is 101 Å². The average Bonchev–Trinajstić information content (AvgIpc) is 2.52. The van der Waals surface area contributed by atoms with Crippen LogP contribution in [0.5, 0.6) is 11.5 Å². The third-order valence-corrected chi connectivity index (χ3v) is 4.36. The molecule has 0 fully saturated rings. The van der Waals surface area contributed by atoms with Crippen molar-refractivity contribution in [1.29, 1.82) is 0 Å². The summed E-state index contributed by atoms with van der Waals surface area (Å²) >= 11 is 3.22. The number of Topliss-reactive ketones (excluding diaryl/α,β-unsaturated/α-hetero) is 1. The number of aliphatic carboxylic acids is 1. The molecular formula is C21H31BrO6. The number of carboxylic acids is 1. The number of carbonyl (C=O) groups is 3. The zero-order valence-electron chi connectivity index (χ0n) is 18.1. The number of hydrogen-bond donors (Lipinski definition) is 2. The second-order valence-corrected chi connectivity index (χ2v) is 9.74. The van der Waals surface area contributed by atoms with Crippen LogP contribution in [0.4, 0.5) is 0 Å². The summed E-state index contributed by atoms with van der Waals surface area (Å²) in [4.78, 5) is 34.1. The van der Waals surface area contributed by atoms with Crippen LogP contribution >= 0.6 is 15.9 Å². The predicted octanol–water partition coefficient (Wildman–Crippen LogP) is 5.37. The van der Waals surface area contributed by atoms with E-state index in [0.29, 0.717) is 5.56 Å². The number of ketones is 1. The van der Waals surface area contributed by atoms with Gasteiger partial charge in [-0.15, -0.1) is 0 Å². The van der Waals surface area contributed by atoms with Gasteiger partial charge in [-0.05, 0) is 76.0 Å². The Morgan fingerprint density at radius 1 is 1.04 bits per heavy atom. The zero-order chi connectivity index (χ0) is 22.6. The van der Waals surface area contributed by atoms with Crippen molar-refractivity contribution in [3.8, 4) is 11.5 Å². The highest BCUT2D eigenvalue weighted by Crippen LogP contribution is 2.41. The first-order chi connectivity index (χ1) is 12.4. The monoisotopic (exact) mass is 458 g/mol. The molecule has 6 nitrogen and oxygen atoms in total. The van der Waals surface area contributed by atoms with E-state index in [-0.39, 0.29) is 33.2 Å². The Hall–Kier alpha value is -1.89. The largest absolute Gasteiger partial charge is 0.506 e. The summed E-state index contributed by atoms with van der Waals surface area (Å²) in [7, 11) is 0. The van der Waals surface area contributed by atoms with Gasteiger partial charge in [-0.3, -0.25) is 14.4 Å². The number of carboxylic acid groups (broad SMARTS) is 1. The molecule has 0 amide bonds. The summed E-state index contributed by atoms with van der Waals surface area (Å²) < 4.78 is 5.59. The standard InChI is InChI=1S/C16H21BrO4.C5H10O2/c1-8(2)12(18)10-7-9(3)14(11(17)13(10)19)21-15(20)16(4,5)6;1-5(2,3)4(6)7/h7-8,19H,1-6H3;1-3H3,(H,6,7). The molecule has 0 saturated heterocycles. The molecule has 0 saturated carbocycles. The molecule has 0 radical (unpaired) electrons. The summed E-state index contributed by atoms with van der Waals surface area (Å²) in [5.74, 6) is -1.51. The van der Waals surface area contributed by atoms with Crippen LogP contribution in [0.1, 0.15) is 71.3 Å². The van der Waals surface area contributed by atoms with Crippen molar-refractivity contribution in [2.24, 2.45) is 16.7 Å². The summed E-state index contributed by atoms with van der Waals surface area (Å²) in [5.41, 5.74) is -0.403. The molecule has 1 aromatic carbocycles. The number of halogens is 1. The Balaban J connectivity index is 0.000000887. The van der Waals surface area contributed by atoms with Crippen LogP contribution in [0.3, 0.4) is 0 Å². The molecule has 0 heterocycles. The Morgan fingerprint density at radius 2 is 1.46 bits per heavy atom. The van der Waals surface area contributed by atoms with E-state index >= 15 is 0 Å². The number of hydrogen-bond acceptors (Lipinski definition) is 5. The highest BCUT2D eigenvalue weighted by molar-refractivity contribution is 9.10. The molecule has 0 aliphatic rings. The van der Waals surface area contributed by atoms with E-state index in [1.807, 2.05) is 0 Å². The van der Waals surface area contributed by atoms with E-state index in [9.17, 15) is 19.5 Å². The van der Waals surface area contributed by atoms with Gasteiger partial charge in [0.05, 0.1) is 16.4 Å². The van der Waals surface area contributed by atoms with E-state index in [1.54, 1.807) is 68.4 Å². The number of carbonyl (C=O) groups excluding carboxylic acids is 2. The molecule has 158 valence electrons. The average molecular weight is 459 g/mol. The third kappa shape index (κ3) is 7.26. The van der Waals surface area contributed by atoms with Crippen molar-refractivity contribution in [2.45, 2.75) is 62.3 Å². The summed E-state index contributed by atoms with van der Waals surface area (Å²) in [6.07, 6.45) is 0. The van der Waals surface area contributed by atoms with Gasteiger partial charge in [0.25, 0.3) is 0 Å². The lowest BCUT2D eigenvalue weighted by atomic mass is 9.96. The lowest BCUT2D eigenvalue weighted by Gasteiger charge is -2.19. The smallest absolute Gasteiger partial charge is 0.316 e. The number of benzene rings is 1. The van der Waals surface area contributed by atoms with Crippen LogP contribution < -0.4 is 4.74 Å². The van der Waals surface area contributed by atoms with Crippen molar-refractivity contribution >= 4 is 33.7 Å². The van der Waals surface area contributed by atoms with Crippen LogP contribution in [-0.2, 0) is 9.59 Å². The minimum atomic E-state index is -0.757. The fraction of sp³-hybridized carbons (Fsp3) is 0.571. The number of phenols is 1. The number of phenolic OH excluding ortho intramolecular Hbond substituents is 1. The van der Waals surface area contributed by atoms with Crippen molar-refractivity contribution in [3.63, 3.8) is 0 Å². The van der Waals surface area contributed by atoms with E-state index in [4.69, 9.17) is 9.84 Å². The first-order valence-corrected chi connectivity index (χ1v) is 9.72. The summed E-state index contributed by atoms with van der Waals surface area (Å²) in [6.45, 7) is 15.5. The zero-order valence-corrected chi connectivity index (χ0v) is 19.6. The molecule has 0 aliphatic heterocycles. The van der Waals surface area contributed by atoms with E-state index in [0.717, 1.165) is 0 Å². The van der Waals surface area contributed by atoms with Gasteiger partial charge in [-0.25, -0.2) is 0 Å². The van der Waals surface area contributed by atoms with Gasteiger partial charge in [0, 0.05) is 5.92 Å². The molecule has 0 aliphatic carbocycles. The van der Waals surface area contributed by atoms with Gasteiger partial charge < -0.3 is 14.9 Å². The van der Waals surface area contributed by atoms with Gasteiger partial charge in [0.2, 0.25) is 0 Å². The molecular weight excluding hydrogens is 428 g/mol. The van der Waals surface area contributed by atoms with Crippen molar-refractivity contribution in [1.82, 2.24) is 0 Å². The maximum atomic E-state index is 12.1. The molecule has 0 bridgehead atoms. The fourth-order valence-electron chi connectivity index (χ4n) is 1.62. The Labute approximate surface area is 175 Å². The quantitative estimate of drug-likeness (QED) is 0.358. The second kappa shape index (κ2) is 9.54. The molecule has 0 aromatic heterocycles. The van der Waals surface area contributed by atoms with E-state index < -0.39 is 22.8 Å². The van der Waals surface area contributed by atoms with Gasteiger partial charge in [-0.2, -0.15) is 0 Å². The normalized spacial score (nSPS) is 11.5. The lowest BCUT2D eigenvalue weighted by molar-refractivity contribution is -0.146. The highest BCUT2D eigenvalue weighted by atomic mass is 79.9. The van der Waals surface area contributed by atoms with Gasteiger partial charge in [0.1, 0.15) is 10.2 Å². The van der Waals surface area contributed by atoms with Gasteiger partial charge in [0.15, 0.2) is 11.5 Å². The number of aromatic hydroxyl groups is 1. The minimum Gasteiger partial charge on any atom is -0.506 e. The second-order valence-electron chi connectivity index (χ2n) is 8.95. The van der Waals surface area contributed by atoms with Gasteiger partial charge in [-0.1, -0.05) is 13.8 Å². The first kappa shape index (κ1) is 26.1. The van der Waals surface area contributed by atoms with Crippen LogP contribution in [-0.4, -0.2) is 27.9 Å². The predicted molar refractivity (Wildman–Crippen MR) is 112 cm³/mol. The van der Waals surface area contributed by atoms with Crippen LogP contribution in [0, 0.1) is 23.7 Å². The Morgan fingerprint density at radius 3 is 1.79 bits per heavy atom. The van der Waals surface area contributed by atoms with Crippen LogP contribution in [0.2, 0.25) is 0 Å². The SMILES string of the molecule is CC(C)(C)C(=O)O.Cc1cc(C(=O)C(C)C)c(O)c(Br)c1OC(=O)C(C)(C)C. The fourth-order valence-corrected chi connectivity index (χ4v) is 2.23. The van der Waals surface area contributed by atoms with Crippen molar-refractivity contribution < 1.29 is 29.3 Å². The molecule has 1 aromatic rings. The summed E-state index contributed by atoms with van der Waals surface area (Å²) in [5, 5.41) is 18.4. The molecule has 0 unspecified atom stereocenters. The lowest BCUT2D eigenvalue weighted by Crippen LogP contribution is -2.26. The molecule has 0 atom stereocenters. The van der Waals surface area contributed by atoms with Crippen molar-refractivity contribution in [2.75, 3.05) is 0 Å². The summed E-state index contributed by atoms with van der Waals surface area (Å²) in [6, 6.07) is 1.55. The molecule has 0 spiro atoms. The first-order valence-electron chi connectivity index (χ1n) is 8.93. The van der Waals surface area contributed by atoms with Crippen LogP contribution in [0.25, 0.3) is 0 Å². The van der Waals surface area contributed by atoms with Crippen LogP contribution in [0.15, 0.2) is 10.5 Å². The maximum Gasteiger partial charge on any atom is 0.316 e. The minimum absolute atomic E-state index is 0.162. The molecule has 7 heteroatoms. The molecule has 28 heavy (non-hydrogen) atoms. The van der Waals surface area contributed by atoms with E-state index in [1.165, 1.54) is 0 Å². The van der Waals surface area contributed by atoms with Gasteiger partial charge >= 0.3 is 11.9 Å². The Bertz CT molecular complexity index is 752. The number of rotatable bonds is 3. The number of ether oxygens (including phenoxy) is 1. The number of esters is 1. The molecule has 2 N–H and O–H groups in total. The maximum absolute atomic E-state index is 12.1. The Kier molecular flexibility index (Phi) is 8.90. The third-order valence-electron chi connectivity index (χ3n) is 3.62. The molecule has 1 rings (SSSR count). The highest BCUT2D eigenvalue weighted by Gasteiger charge is 2.27. The number of aryl methyl sites for hydroxylation is 1. The van der Waals surface area contributed by atoms with Crippen molar-refractivity contribution in [3.05, 3.63) is 21.7 Å². The van der Waals surface area contributed by atoms with E-state index in [2.05, 4.69) is 15.9 Å².